The van der Waals surface area contributed by atoms with Crippen molar-refractivity contribution in [1.82, 2.24) is 5.43 Å². The van der Waals surface area contributed by atoms with Gasteiger partial charge in [0.2, 0.25) is 0 Å². The highest BCUT2D eigenvalue weighted by molar-refractivity contribution is 9.10. The average molecular weight is 501 g/mol. The van der Waals surface area contributed by atoms with Crippen LogP contribution in [0.2, 0.25) is 5.02 Å². The normalized spacial score (nSPS) is 10.7. The number of hydrazone groups is 1. The van der Waals surface area contributed by atoms with Crippen LogP contribution in [-0.4, -0.2) is 24.6 Å². The van der Waals surface area contributed by atoms with Crippen LogP contribution in [0.4, 0.5) is 5.69 Å². The first-order valence-corrected chi connectivity index (χ1v) is 10.5. The van der Waals surface area contributed by atoms with Gasteiger partial charge in [0, 0.05) is 20.7 Å². The van der Waals surface area contributed by atoms with Crippen LogP contribution >= 0.6 is 27.5 Å². The number of nitrogens with one attached hydrogen (secondary N) is 2. The van der Waals surface area contributed by atoms with Crippen LogP contribution in [-0.2, 0) is 4.79 Å². The predicted molar refractivity (Wildman–Crippen MR) is 126 cm³/mol. The third-order valence-corrected chi connectivity index (χ3v) is 5.16. The van der Waals surface area contributed by atoms with Crippen LogP contribution < -0.4 is 15.5 Å². The summed E-state index contributed by atoms with van der Waals surface area (Å²) in [6.07, 6.45) is 1.54. The summed E-state index contributed by atoms with van der Waals surface area (Å²) >= 11 is 9.45. The van der Waals surface area contributed by atoms with Crippen molar-refractivity contribution in [2.75, 3.05) is 11.9 Å². The lowest BCUT2D eigenvalue weighted by Gasteiger charge is -2.10. The largest absolute Gasteiger partial charge is 0.484 e. The molecule has 31 heavy (non-hydrogen) atoms. The summed E-state index contributed by atoms with van der Waals surface area (Å²) in [5.74, 6) is -0.206. The molecule has 0 spiro atoms. The molecule has 0 aliphatic rings. The van der Waals surface area contributed by atoms with Gasteiger partial charge in [-0.25, -0.2) is 5.43 Å². The molecule has 0 aliphatic carbocycles. The Morgan fingerprint density at radius 3 is 2.58 bits per heavy atom. The van der Waals surface area contributed by atoms with Gasteiger partial charge in [-0.2, -0.15) is 5.10 Å². The molecule has 0 unspecified atom stereocenters. The quantitative estimate of drug-likeness (QED) is 0.346. The molecule has 2 N–H and O–H groups in total. The molecule has 0 aliphatic heterocycles. The van der Waals surface area contributed by atoms with E-state index in [1.54, 1.807) is 42.5 Å². The van der Waals surface area contributed by atoms with Crippen LogP contribution in [0.3, 0.4) is 0 Å². The van der Waals surface area contributed by atoms with E-state index in [1.165, 1.54) is 6.21 Å². The van der Waals surface area contributed by atoms with E-state index in [4.69, 9.17) is 16.3 Å². The van der Waals surface area contributed by atoms with E-state index >= 15 is 0 Å². The van der Waals surface area contributed by atoms with Gasteiger partial charge >= 0.3 is 0 Å². The lowest BCUT2D eigenvalue weighted by Crippen LogP contribution is -2.24. The number of anilines is 1. The zero-order chi connectivity index (χ0) is 22.2. The van der Waals surface area contributed by atoms with Crippen molar-refractivity contribution in [3.63, 3.8) is 0 Å². The van der Waals surface area contributed by atoms with E-state index in [0.717, 1.165) is 15.6 Å². The van der Waals surface area contributed by atoms with Gasteiger partial charge in [0.1, 0.15) is 5.75 Å². The molecule has 2 amide bonds. The summed E-state index contributed by atoms with van der Waals surface area (Å²) in [7, 11) is 0. The molecule has 0 saturated carbocycles. The smallest absolute Gasteiger partial charge is 0.277 e. The minimum atomic E-state index is -0.399. The molecule has 0 radical (unpaired) electrons. The van der Waals surface area contributed by atoms with Gasteiger partial charge in [-0.05, 0) is 66.6 Å². The minimum Gasteiger partial charge on any atom is -0.484 e. The fourth-order valence-electron chi connectivity index (χ4n) is 2.59. The maximum Gasteiger partial charge on any atom is 0.277 e. The Hall–Kier alpha value is -3.16. The highest BCUT2D eigenvalue weighted by Gasteiger charge is 2.10. The van der Waals surface area contributed by atoms with Crippen LogP contribution in [0.1, 0.15) is 21.5 Å². The van der Waals surface area contributed by atoms with Crippen molar-refractivity contribution in [2.45, 2.75) is 6.92 Å². The SMILES string of the molecule is Cc1c(Cl)cccc1NC(=O)c1ccc(OCC(=O)N/N=C\c2cccc(Br)c2)cc1. The summed E-state index contributed by atoms with van der Waals surface area (Å²) in [5, 5.41) is 7.31. The van der Waals surface area contributed by atoms with Crippen molar-refractivity contribution in [1.29, 1.82) is 0 Å². The van der Waals surface area contributed by atoms with Crippen molar-refractivity contribution in [3.05, 3.63) is 92.9 Å². The molecule has 3 rings (SSSR count). The van der Waals surface area contributed by atoms with Crippen LogP contribution in [0, 0.1) is 6.92 Å². The van der Waals surface area contributed by atoms with Gasteiger partial charge in [-0.1, -0.05) is 45.7 Å². The number of hydrogen-bond donors (Lipinski definition) is 2. The fraction of sp³-hybridized carbons (Fsp3) is 0.0870. The van der Waals surface area contributed by atoms with Gasteiger partial charge in [0.05, 0.1) is 6.21 Å². The molecule has 0 saturated heterocycles. The monoisotopic (exact) mass is 499 g/mol. The number of nitrogens with zero attached hydrogens (tertiary/aromatic N) is 1. The molecular formula is C23H19BrClN3O3. The topological polar surface area (TPSA) is 79.8 Å². The second-order valence-corrected chi connectivity index (χ2v) is 7.85. The lowest BCUT2D eigenvalue weighted by molar-refractivity contribution is -0.123. The molecule has 158 valence electrons. The number of carbonyl (C=O) groups excluding carboxylic acids is 2. The van der Waals surface area contributed by atoms with Gasteiger partial charge in [-0.15, -0.1) is 0 Å². The van der Waals surface area contributed by atoms with E-state index in [-0.39, 0.29) is 12.5 Å². The number of benzene rings is 3. The number of amides is 2. The minimum absolute atomic E-state index is 0.205. The Labute approximate surface area is 193 Å². The highest BCUT2D eigenvalue weighted by Crippen LogP contribution is 2.23. The summed E-state index contributed by atoms with van der Waals surface area (Å²) in [5.41, 5.74) is 5.15. The molecule has 0 heterocycles. The first-order chi connectivity index (χ1) is 14.9. The molecule has 0 fully saturated rings. The first kappa shape index (κ1) is 22.5. The number of halogens is 2. The molecule has 0 bridgehead atoms. The number of ether oxygens (including phenoxy) is 1. The Balaban J connectivity index is 1.49. The van der Waals surface area contributed by atoms with E-state index < -0.39 is 5.91 Å². The van der Waals surface area contributed by atoms with E-state index in [2.05, 4.69) is 31.8 Å². The number of rotatable bonds is 7. The summed E-state index contributed by atoms with van der Waals surface area (Å²) in [6, 6.07) is 19.3. The Morgan fingerprint density at radius 2 is 1.84 bits per heavy atom. The zero-order valence-electron chi connectivity index (χ0n) is 16.6. The van der Waals surface area contributed by atoms with Crippen molar-refractivity contribution in [2.24, 2.45) is 5.10 Å². The second-order valence-electron chi connectivity index (χ2n) is 6.53. The molecule has 3 aromatic rings. The average Bonchev–Trinajstić information content (AvgIpc) is 2.76. The summed E-state index contributed by atoms with van der Waals surface area (Å²) < 4.78 is 6.36. The third-order valence-electron chi connectivity index (χ3n) is 4.25. The third kappa shape index (κ3) is 6.67. The summed E-state index contributed by atoms with van der Waals surface area (Å²) in [6.45, 7) is 1.63. The molecule has 8 heteroatoms. The Morgan fingerprint density at radius 1 is 1.10 bits per heavy atom. The number of hydrogen-bond acceptors (Lipinski definition) is 4. The predicted octanol–water partition coefficient (Wildman–Crippen LogP) is 5.19. The summed E-state index contributed by atoms with van der Waals surface area (Å²) in [4.78, 5) is 24.3. The Bertz CT molecular complexity index is 1120. The van der Waals surface area contributed by atoms with E-state index in [0.29, 0.717) is 22.0 Å². The lowest BCUT2D eigenvalue weighted by atomic mass is 10.1. The van der Waals surface area contributed by atoms with Crippen molar-refractivity contribution in [3.8, 4) is 5.75 Å². The highest BCUT2D eigenvalue weighted by atomic mass is 79.9. The van der Waals surface area contributed by atoms with Gasteiger partial charge in [-0.3, -0.25) is 9.59 Å². The van der Waals surface area contributed by atoms with Crippen molar-refractivity contribution < 1.29 is 14.3 Å². The fourth-order valence-corrected chi connectivity index (χ4v) is 3.18. The Kier molecular flexibility index (Phi) is 7.81. The maximum atomic E-state index is 12.4. The van der Waals surface area contributed by atoms with E-state index in [9.17, 15) is 9.59 Å². The van der Waals surface area contributed by atoms with Crippen LogP contribution in [0.25, 0.3) is 0 Å². The number of carbonyl (C=O) groups is 2. The standard InChI is InChI=1S/C23H19BrClN3O3/c1-15-20(25)6-3-7-21(15)27-23(30)17-8-10-19(11-9-17)31-14-22(29)28-26-13-16-4-2-5-18(24)12-16/h2-13H,14H2,1H3,(H,27,30)(H,28,29)/b26-13-. The molecule has 6 nitrogen and oxygen atoms in total. The molecule has 0 aromatic heterocycles. The van der Waals surface area contributed by atoms with E-state index in [1.807, 2.05) is 31.2 Å². The second kappa shape index (κ2) is 10.7. The van der Waals surface area contributed by atoms with Gasteiger partial charge in [0.25, 0.3) is 11.8 Å². The van der Waals surface area contributed by atoms with Crippen molar-refractivity contribution >= 4 is 51.2 Å². The zero-order valence-corrected chi connectivity index (χ0v) is 18.9. The van der Waals surface area contributed by atoms with Crippen LogP contribution in [0.15, 0.2) is 76.3 Å². The first-order valence-electron chi connectivity index (χ1n) is 9.29. The van der Waals surface area contributed by atoms with Gasteiger partial charge in [0.15, 0.2) is 6.61 Å². The maximum absolute atomic E-state index is 12.4. The molecule has 0 atom stereocenters. The molecular weight excluding hydrogens is 482 g/mol. The van der Waals surface area contributed by atoms with Gasteiger partial charge < -0.3 is 10.1 Å². The molecule has 3 aromatic carbocycles. The van der Waals surface area contributed by atoms with Crippen LogP contribution in [0.5, 0.6) is 5.75 Å².